The topological polar surface area (TPSA) is 30.5 Å². The molecule has 0 amide bonds. The summed E-state index contributed by atoms with van der Waals surface area (Å²) in [5, 5.41) is 3.31. The first-order valence-corrected chi connectivity index (χ1v) is 3.32. The van der Waals surface area contributed by atoms with Crippen LogP contribution in [0.1, 0.15) is 6.42 Å². The molecule has 0 aromatic carbocycles. The Bertz CT molecular complexity index is 118. The molecule has 0 aromatic heterocycles. The Morgan fingerprint density at radius 1 is 1.67 bits per heavy atom. The van der Waals surface area contributed by atoms with Gasteiger partial charge >= 0.3 is 0 Å². The van der Waals surface area contributed by atoms with Gasteiger partial charge in [-0.3, -0.25) is 0 Å². The highest BCUT2D eigenvalue weighted by molar-refractivity contribution is 4.91. The number of ether oxygens (including phenoxy) is 2. The highest BCUT2D eigenvalue weighted by atomic mass is 16.7. The zero-order valence-electron chi connectivity index (χ0n) is 5.46. The Morgan fingerprint density at radius 2 is 2.56 bits per heavy atom. The lowest BCUT2D eigenvalue weighted by Crippen LogP contribution is -2.40. The maximum atomic E-state index is 5.42. The predicted molar refractivity (Wildman–Crippen MR) is 32.1 cm³/mol. The van der Waals surface area contributed by atoms with Crippen LogP contribution in [0.2, 0.25) is 0 Å². The van der Waals surface area contributed by atoms with Crippen LogP contribution >= 0.6 is 0 Å². The van der Waals surface area contributed by atoms with Crippen LogP contribution in [-0.4, -0.2) is 32.1 Å². The summed E-state index contributed by atoms with van der Waals surface area (Å²) in [4.78, 5) is 0. The van der Waals surface area contributed by atoms with Gasteiger partial charge in [0.15, 0.2) is 6.29 Å². The molecule has 0 spiro atoms. The van der Waals surface area contributed by atoms with Gasteiger partial charge in [0.1, 0.15) is 0 Å². The number of nitrogens with one attached hydrogen (secondary N) is 1. The SMILES string of the molecule is COC1O[C@@H]2CN[C@H]1C2. The first-order valence-electron chi connectivity index (χ1n) is 3.32. The van der Waals surface area contributed by atoms with E-state index in [9.17, 15) is 0 Å². The summed E-state index contributed by atoms with van der Waals surface area (Å²) in [6, 6.07) is 0.458. The van der Waals surface area contributed by atoms with Crippen molar-refractivity contribution in [2.75, 3.05) is 13.7 Å². The maximum absolute atomic E-state index is 5.42. The summed E-state index contributed by atoms with van der Waals surface area (Å²) in [6.07, 6.45) is 1.56. The van der Waals surface area contributed by atoms with Gasteiger partial charge in [-0.15, -0.1) is 0 Å². The Labute approximate surface area is 54.3 Å². The number of methoxy groups -OCH3 is 1. The summed E-state index contributed by atoms with van der Waals surface area (Å²) >= 11 is 0. The first-order chi connectivity index (χ1) is 4.40. The molecule has 2 saturated heterocycles. The third-order valence-corrected chi connectivity index (χ3v) is 2.01. The Kier molecular flexibility index (Phi) is 1.22. The lowest BCUT2D eigenvalue weighted by molar-refractivity contribution is -0.138. The normalized spacial score (nSPS) is 48.3. The van der Waals surface area contributed by atoms with Gasteiger partial charge in [0.25, 0.3) is 0 Å². The maximum Gasteiger partial charge on any atom is 0.172 e. The lowest BCUT2D eigenvalue weighted by Gasteiger charge is -2.21. The number of morpholine rings is 1. The zero-order chi connectivity index (χ0) is 6.27. The largest absolute Gasteiger partial charge is 0.354 e. The van der Waals surface area contributed by atoms with Crippen LogP contribution in [0.15, 0.2) is 0 Å². The number of hydrogen-bond donors (Lipinski definition) is 1. The van der Waals surface area contributed by atoms with E-state index < -0.39 is 0 Å². The second kappa shape index (κ2) is 1.94. The monoisotopic (exact) mass is 129 g/mol. The van der Waals surface area contributed by atoms with Crippen molar-refractivity contribution in [3.05, 3.63) is 0 Å². The molecule has 1 unspecified atom stereocenters. The van der Waals surface area contributed by atoms with Crippen molar-refractivity contribution in [3.63, 3.8) is 0 Å². The van der Waals surface area contributed by atoms with Gasteiger partial charge in [0.05, 0.1) is 12.1 Å². The molecular weight excluding hydrogens is 118 g/mol. The van der Waals surface area contributed by atoms with Crippen molar-refractivity contribution >= 4 is 0 Å². The molecule has 2 rings (SSSR count). The van der Waals surface area contributed by atoms with Gasteiger partial charge < -0.3 is 14.8 Å². The Hall–Kier alpha value is -0.120. The van der Waals surface area contributed by atoms with Crippen LogP contribution in [0.5, 0.6) is 0 Å². The smallest absolute Gasteiger partial charge is 0.172 e. The van der Waals surface area contributed by atoms with Gasteiger partial charge in [-0.1, -0.05) is 0 Å². The van der Waals surface area contributed by atoms with E-state index in [1.54, 1.807) is 7.11 Å². The fraction of sp³-hybridized carbons (Fsp3) is 1.00. The third-order valence-electron chi connectivity index (χ3n) is 2.01. The standard InChI is InChI=1S/C6H11NO2/c1-8-6-5-2-4(9-6)3-7-5/h4-7H,2-3H2,1H3/t4-,5-,6?/m0/s1. The van der Waals surface area contributed by atoms with E-state index in [2.05, 4.69) is 5.32 Å². The van der Waals surface area contributed by atoms with Gasteiger partial charge in [-0.2, -0.15) is 0 Å². The zero-order valence-corrected chi connectivity index (χ0v) is 5.46. The van der Waals surface area contributed by atoms with Crippen molar-refractivity contribution in [1.82, 2.24) is 5.32 Å². The molecule has 9 heavy (non-hydrogen) atoms. The van der Waals surface area contributed by atoms with E-state index >= 15 is 0 Å². The number of fused-ring (bicyclic) bond motifs is 2. The first kappa shape index (κ1) is 5.65. The van der Waals surface area contributed by atoms with Crippen LogP contribution < -0.4 is 5.32 Å². The van der Waals surface area contributed by atoms with Crippen molar-refractivity contribution in [3.8, 4) is 0 Å². The Morgan fingerprint density at radius 3 is 2.89 bits per heavy atom. The van der Waals surface area contributed by atoms with E-state index in [0.717, 1.165) is 13.0 Å². The average Bonchev–Trinajstić information content (AvgIpc) is 2.45. The van der Waals surface area contributed by atoms with Gasteiger partial charge in [0, 0.05) is 13.7 Å². The van der Waals surface area contributed by atoms with Crippen molar-refractivity contribution < 1.29 is 9.47 Å². The lowest BCUT2D eigenvalue weighted by atomic mass is 10.2. The molecule has 2 aliphatic rings. The minimum absolute atomic E-state index is 0.0174. The quantitative estimate of drug-likeness (QED) is 0.528. The summed E-state index contributed by atoms with van der Waals surface area (Å²) in [7, 11) is 1.69. The van der Waals surface area contributed by atoms with Crippen molar-refractivity contribution in [2.45, 2.75) is 24.9 Å². The molecule has 0 aromatic rings. The summed E-state index contributed by atoms with van der Waals surface area (Å²) in [5.41, 5.74) is 0. The van der Waals surface area contributed by atoms with Crippen molar-refractivity contribution in [2.24, 2.45) is 0 Å². The molecule has 3 nitrogen and oxygen atoms in total. The summed E-state index contributed by atoms with van der Waals surface area (Å²) < 4.78 is 10.5. The Balaban J connectivity index is 2.01. The number of rotatable bonds is 1. The molecule has 2 bridgehead atoms. The predicted octanol–water partition coefficient (Wildman–Crippen LogP) is -0.280. The van der Waals surface area contributed by atoms with Crippen LogP contribution in [0, 0.1) is 0 Å². The second-order valence-electron chi connectivity index (χ2n) is 2.61. The van der Waals surface area contributed by atoms with E-state index in [0.29, 0.717) is 12.1 Å². The molecule has 2 aliphatic heterocycles. The molecular formula is C6H11NO2. The minimum Gasteiger partial charge on any atom is -0.354 e. The molecule has 1 N–H and O–H groups in total. The van der Waals surface area contributed by atoms with E-state index in [1.165, 1.54) is 0 Å². The van der Waals surface area contributed by atoms with E-state index in [1.807, 2.05) is 0 Å². The molecule has 52 valence electrons. The second-order valence-corrected chi connectivity index (χ2v) is 2.61. The summed E-state index contributed by atoms with van der Waals surface area (Å²) in [6.45, 7) is 1.00. The average molecular weight is 129 g/mol. The van der Waals surface area contributed by atoms with Crippen LogP contribution in [-0.2, 0) is 9.47 Å². The van der Waals surface area contributed by atoms with Gasteiger partial charge in [-0.25, -0.2) is 0 Å². The fourth-order valence-corrected chi connectivity index (χ4v) is 1.55. The van der Waals surface area contributed by atoms with E-state index in [4.69, 9.17) is 9.47 Å². The van der Waals surface area contributed by atoms with Gasteiger partial charge in [0.2, 0.25) is 0 Å². The molecule has 0 saturated carbocycles. The van der Waals surface area contributed by atoms with Crippen LogP contribution in [0.4, 0.5) is 0 Å². The molecule has 2 heterocycles. The van der Waals surface area contributed by atoms with Crippen LogP contribution in [0.25, 0.3) is 0 Å². The highest BCUT2D eigenvalue weighted by Gasteiger charge is 2.40. The molecule has 3 heteroatoms. The minimum atomic E-state index is 0.0174. The third kappa shape index (κ3) is 0.764. The highest BCUT2D eigenvalue weighted by Crippen LogP contribution is 2.25. The van der Waals surface area contributed by atoms with Crippen LogP contribution in [0.3, 0.4) is 0 Å². The molecule has 3 atom stereocenters. The summed E-state index contributed by atoms with van der Waals surface area (Å²) in [5.74, 6) is 0. The van der Waals surface area contributed by atoms with E-state index in [-0.39, 0.29) is 6.29 Å². The fourth-order valence-electron chi connectivity index (χ4n) is 1.55. The van der Waals surface area contributed by atoms with Gasteiger partial charge in [-0.05, 0) is 6.42 Å². The molecule has 0 aliphatic carbocycles. The molecule has 0 radical (unpaired) electrons. The molecule has 2 fully saturated rings. The van der Waals surface area contributed by atoms with Crippen molar-refractivity contribution in [1.29, 1.82) is 0 Å². The number of hydrogen-bond acceptors (Lipinski definition) is 3.